The summed E-state index contributed by atoms with van der Waals surface area (Å²) in [6, 6.07) is 6.31. The Kier molecular flexibility index (Phi) is 2.74. The van der Waals surface area contributed by atoms with Gasteiger partial charge in [-0.2, -0.15) is 0 Å². The quantitative estimate of drug-likeness (QED) is 0.698. The Balaban J connectivity index is 2.13. The molecular formula is C13H14FN3O2. The highest BCUT2D eigenvalue weighted by Gasteiger charge is 2.51. The van der Waals surface area contributed by atoms with Gasteiger partial charge in [-0.25, -0.2) is 4.39 Å². The normalized spacial score (nSPS) is 30.3. The lowest BCUT2D eigenvalue weighted by Gasteiger charge is -2.47. The maximum absolute atomic E-state index is 14.1. The molecule has 0 saturated carbocycles. The smallest absolute Gasteiger partial charge is 0.232 e. The van der Waals surface area contributed by atoms with Crippen molar-refractivity contribution in [1.29, 1.82) is 5.41 Å². The minimum absolute atomic E-state index is 0.116. The first-order valence-corrected chi connectivity index (χ1v) is 6.14. The molecule has 2 unspecified atom stereocenters. The maximum atomic E-state index is 14.1. The average Bonchev–Trinajstić information content (AvgIpc) is 2.38. The van der Waals surface area contributed by atoms with E-state index in [-0.39, 0.29) is 18.5 Å². The Bertz CT molecular complexity index is 548. The van der Waals surface area contributed by atoms with Gasteiger partial charge in [0.25, 0.3) is 0 Å². The topological polar surface area (TPSA) is 74.2 Å². The maximum Gasteiger partial charge on any atom is 0.232 e. The summed E-state index contributed by atoms with van der Waals surface area (Å²) in [5.41, 5.74) is -0.609. The lowest BCUT2D eigenvalue weighted by Crippen LogP contribution is -2.68. The van der Waals surface area contributed by atoms with E-state index < -0.39 is 17.3 Å². The summed E-state index contributed by atoms with van der Waals surface area (Å²) >= 11 is 0. The van der Waals surface area contributed by atoms with E-state index in [0.29, 0.717) is 18.6 Å². The van der Waals surface area contributed by atoms with E-state index in [4.69, 9.17) is 10.1 Å². The summed E-state index contributed by atoms with van der Waals surface area (Å²) in [4.78, 5) is 12.1. The van der Waals surface area contributed by atoms with E-state index in [1.54, 1.807) is 18.2 Å². The van der Waals surface area contributed by atoms with Gasteiger partial charge in [-0.15, -0.1) is 0 Å². The van der Waals surface area contributed by atoms with Crippen LogP contribution in [0.2, 0.25) is 0 Å². The van der Waals surface area contributed by atoms with Crippen molar-refractivity contribution in [2.75, 3.05) is 13.2 Å². The standard InChI is InChI=1S/C13H14FN3O2/c14-10-4-2-1-3-8(10)13-7-19-6-5-9(13)11(18)16-12(15)17-13/h1-4,9H,5-7H2,(H3,15,16,17,18). The molecule has 2 saturated heterocycles. The van der Waals surface area contributed by atoms with Gasteiger partial charge in [-0.3, -0.25) is 15.5 Å². The second-order valence-corrected chi connectivity index (χ2v) is 4.83. The number of hydrogen-bond acceptors (Lipinski definition) is 3. The average molecular weight is 263 g/mol. The van der Waals surface area contributed by atoms with E-state index in [1.807, 2.05) is 0 Å². The molecule has 5 nitrogen and oxygen atoms in total. The molecular weight excluding hydrogens is 249 g/mol. The molecule has 0 radical (unpaired) electrons. The van der Waals surface area contributed by atoms with Gasteiger partial charge in [0.15, 0.2) is 5.96 Å². The number of rotatable bonds is 1. The number of fused-ring (bicyclic) bond motifs is 1. The monoisotopic (exact) mass is 263 g/mol. The van der Waals surface area contributed by atoms with Crippen molar-refractivity contribution in [3.05, 3.63) is 35.6 Å². The van der Waals surface area contributed by atoms with E-state index in [0.717, 1.165) is 0 Å². The Morgan fingerprint density at radius 1 is 1.42 bits per heavy atom. The molecule has 1 amide bonds. The summed E-state index contributed by atoms with van der Waals surface area (Å²) in [5.74, 6) is -1.20. The second-order valence-electron chi connectivity index (χ2n) is 4.83. The van der Waals surface area contributed by atoms with Crippen molar-refractivity contribution >= 4 is 11.9 Å². The van der Waals surface area contributed by atoms with Gasteiger partial charge in [0.2, 0.25) is 5.91 Å². The molecule has 19 heavy (non-hydrogen) atoms. The number of benzene rings is 1. The van der Waals surface area contributed by atoms with Crippen LogP contribution in [-0.2, 0) is 15.1 Å². The fourth-order valence-corrected chi connectivity index (χ4v) is 2.88. The summed E-state index contributed by atoms with van der Waals surface area (Å²) in [6.07, 6.45) is 0.500. The van der Waals surface area contributed by atoms with Gasteiger partial charge in [0.05, 0.1) is 12.5 Å². The third-order valence-electron chi connectivity index (χ3n) is 3.74. The molecule has 3 N–H and O–H groups in total. The number of guanidine groups is 1. The molecule has 2 fully saturated rings. The first kappa shape index (κ1) is 12.1. The van der Waals surface area contributed by atoms with Gasteiger partial charge >= 0.3 is 0 Å². The van der Waals surface area contributed by atoms with E-state index in [2.05, 4.69) is 10.6 Å². The molecule has 2 aliphatic heterocycles. The molecule has 3 rings (SSSR count). The Morgan fingerprint density at radius 3 is 3.00 bits per heavy atom. The molecule has 2 aliphatic rings. The zero-order chi connectivity index (χ0) is 13.5. The zero-order valence-electron chi connectivity index (χ0n) is 10.2. The number of ether oxygens (including phenoxy) is 1. The van der Waals surface area contributed by atoms with Gasteiger partial charge < -0.3 is 10.1 Å². The Hall–Kier alpha value is -1.95. The Morgan fingerprint density at radius 2 is 2.21 bits per heavy atom. The van der Waals surface area contributed by atoms with Gasteiger partial charge in [0, 0.05) is 12.2 Å². The number of hydrogen-bond donors (Lipinski definition) is 3. The van der Waals surface area contributed by atoms with E-state index >= 15 is 0 Å². The molecule has 0 aliphatic carbocycles. The van der Waals surface area contributed by atoms with E-state index in [9.17, 15) is 9.18 Å². The molecule has 6 heteroatoms. The third kappa shape index (κ3) is 1.79. The molecule has 0 aromatic heterocycles. The van der Waals surface area contributed by atoms with E-state index in [1.165, 1.54) is 6.07 Å². The van der Waals surface area contributed by atoms with Crippen LogP contribution in [0.25, 0.3) is 0 Å². The number of amides is 1. The molecule has 100 valence electrons. The van der Waals surface area contributed by atoms with Crippen LogP contribution >= 0.6 is 0 Å². The lowest BCUT2D eigenvalue weighted by atomic mass is 9.73. The molecule has 0 bridgehead atoms. The number of carbonyl (C=O) groups is 1. The van der Waals surface area contributed by atoms with Gasteiger partial charge in [-0.05, 0) is 12.5 Å². The van der Waals surface area contributed by atoms with Crippen LogP contribution in [0.1, 0.15) is 12.0 Å². The second kappa shape index (κ2) is 4.31. The predicted octanol–water partition coefficient (Wildman–Crippen LogP) is 0.712. The predicted molar refractivity (Wildman–Crippen MR) is 66.0 cm³/mol. The van der Waals surface area contributed by atoms with Crippen molar-refractivity contribution in [3.8, 4) is 0 Å². The van der Waals surface area contributed by atoms with Crippen LogP contribution in [0.15, 0.2) is 24.3 Å². The molecule has 0 spiro atoms. The number of carbonyl (C=O) groups excluding carboxylic acids is 1. The van der Waals surface area contributed by atoms with Crippen molar-refractivity contribution in [3.63, 3.8) is 0 Å². The van der Waals surface area contributed by atoms with Crippen molar-refractivity contribution in [2.45, 2.75) is 12.0 Å². The van der Waals surface area contributed by atoms with Crippen LogP contribution in [-0.4, -0.2) is 25.1 Å². The summed E-state index contributed by atoms with van der Waals surface area (Å²) in [5, 5.41) is 13.0. The minimum Gasteiger partial charge on any atom is -0.379 e. The van der Waals surface area contributed by atoms with Crippen LogP contribution < -0.4 is 10.6 Å². The molecule has 2 atom stereocenters. The highest BCUT2D eigenvalue weighted by molar-refractivity contribution is 6.00. The summed E-state index contributed by atoms with van der Waals surface area (Å²) in [7, 11) is 0. The summed E-state index contributed by atoms with van der Waals surface area (Å²) < 4.78 is 19.5. The fourth-order valence-electron chi connectivity index (χ4n) is 2.88. The first-order chi connectivity index (χ1) is 9.13. The Labute approximate surface area is 109 Å². The first-order valence-electron chi connectivity index (χ1n) is 6.14. The minimum atomic E-state index is -0.983. The van der Waals surface area contributed by atoms with Gasteiger partial charge in [-0.1, -0.05) is 18.2 Å². The molecule has 1 aromatic carbocycles. The SMILES string of the molecule is N=C1NC(=O)C2CCOCC2(c2ccccc2F)N1. The number of nitrogens with one attached hydrogen (secondary N) is 3. The largest absolute Gasteiger partial charge is 0.379 e. The van der Waals surface area contributed by atoms with Crippen molar-refractivity contribution in [2.24, 2.45) is 5.92 Å². The summed E-state index contributed by atoms with van der Waals surface area (Å²) in [6.45, 7) is 0.637. The molecule has 1 aromatic rings. The lowest BCUT2D eigenvalue weighted by molar-refractivity contribution is -0.134. The highest BCUT2D eigenvalue weighted by atomic mass is 19.1. The highest BCUT2D eigenvalue weighted by Crippen LogP contribution is 2.38. The van der Waals surface area contributed by atoms with Crippen LogP contribution in [0.3, 0.4) is 0 Å². The number of halogens is 1. The van der Waals surface area contributed by atoms with Crippen molar-refractivity contribution < 1.29 is 13.9 Å². The van der Waals surface area contributed by atoms with Crippen LogP contribution in [0.4, 0.5) is 4.39 Å². The van der Waals surface area contributed by atoms with Crippen LogP contribution in [0.5, 0.6) is 0 Å². The zero-order valence-corrected chi connectivity index (χ0v) is 10.2. The van der Waals surface area contributed by atoms with Crippen molar-refractivity contribution in [1.82, 2.24) is 10.6 Å². The van der Waals surface area contributed by atoms with Gasteiger partial charge in [0.1, 0.15) is 11.4 Å². The third-order valence-corrected chi connectivity index (χ3v) is 3.74. The fraction of sp³-hybridized carbons (Fsp3) is 0.385. The van der Waals surface area contributed by atoms with Crippen LogP contribution in [0, 0.1) is 17.1 Å². The molecule has 2 heterocycles.